The highest BCUT2D eigenvalue weighted by atomic mass is 32.2. The van der Waals surface area contributed by atoms with Crippen molar-refractivity contribution >= 4 is 33.4 Å². The van der Waals surface area contributed by atoms with Crippen molar-refractivity contribution in [3.63, 3.8) is 0 Å². The van der Waals surface area contributed by atoms with Crippen molar-refractivity contribution in [3.05, 3.63) is 89.0 Å². The molecule has 3 aromatic rings. The Labute approximate surface area is 289 Å². The van der Waals surface area contributed by atoms with Gasteiger partial charge in [-0.1, -0.05) is 101 Å². The number of fused-ring (bicyclic) bond motifs is 2. The monoisotopic (exact) mass is 689 g/mol. The van der Waals surface area contributed by atoms with E-state index in [0.29, 0.717) is 18.5 Å². The molecule has 1 aliphatic heterocycles. The van der Waals surface area contributed by atoms with E-state index < -0.39 is 38.7 Å². The number of anilines is 1. The van der Waals surface area contributed by atoms with Crippen LogP contribution in [0, 0.1) is 11.8 Å². The maximum absolute atomic E-state index is 13.8. The molecule has 0 radical (unpaired) electrons. The summed E-state index contributed by atoms with van der Waals surface area (Å²) in [6.45, 7) is 6.19. The Kier molecular flexibility index (Phi) is 11.2. The molecule has 1 amide bonds. The Balaban J connectivity index is 1.40. The van der Waals surface area contributed by atoms with E-state index in [-0.39, 0.29) is 36.0 Å². The van der Waals surface area contributed by atoms with Gasteiger partial charge in [-0.05, 0) is 65.8 Å². The van der Waals surface area contributed by atoms with Crippen molar-refractivity contribution < 1.29 is 37.8 Å². The number of ether oxygens (including phenoxy) is 1. The SMILES string of the molecule is CC(C)(C)c1ccc(CCC(CC2CCCCC2)C(C(=O)O)S(=O)(=O)CC(=O)O)cc1NC(=O)CC1c2ccccc2Oc2ccccc21. The highest BCUT2D eigenvalue weighted by molar-refractivity contribution is 7.93. The fraction of sp³-hybridized carbons (Fsp3) is 0.462. The Morgan fingerprint density at radius 3 is 2.08 bits per heavy atom. The van der Waals surface area contributed by atoms with Gasteiger partial charge < -0.3 is 20.3 Å². The molecular formula is C39H47NO8S. The lowest BCUT2D eigenvalue weighted by Gasteiger charge is -2.30. The van der Waals surface area contributed by atoms with E-state index in [9.17, 15) is 33.0 Å². The largest absolute Gasteiger partial charge is 0.480 e. The number of carbonyl (C=O) groups excluding carboxylic acids is 1. The van der Waals surface area contributed by atoms with E-state index in [1.165, 1.54) is 0 Å². The summed E-state index contributed by atoms with van der Waals surface area (Å²) in [5.74, 6) is -3.76. The lowest BCUT2D eigenvalue weighted by Crippen LogP contribution is -2.41. The predicted octanol–water partition coefficient (Wildman–Crippen LogP) is 7.72. The fourth-order valence-corrected chi connectivity index (χ4v) is 9.29. The molecule has 3 aromatic carbocycles. The second-order valence-corrected chi connectivity index (χ2v) is 16.7. The number of carbonyl (C=O) groups is 3. The molecule has 0 spiro atoms. The molecule has 0 bridgehead atoms. The number of benzene rings is 3. The van der Waals surface area contributed by atoms with Crippen molar-refractivity contribution in [3.8, 4) is 11.5 Å². The summed E-state index contributed by atoms with van der Waals surface area (Å²) >= 11 is 0. The van der Waals surface area contributed by atoms with Crippen LogP contribution in [0.3, 0.4) is 0 Å². The number of carboxylic acids is 2. The van der Waals surface area contributed by atoms with Gasteiger partial charge >= 0.3 is 11.9 Å². The van der Waals surface area contributed by atoms with Crippen LogP contribution in [-0.4, -0.2) is 47.5 Å². The van der Waals surface area contributed by atoms with Crippen LogP contribution in [0.1, 0.15) is 100 Å². The molecule has 0 saturated heterocycles. The van der Waals surface area contributed by atoms with Gasteiger partial charge in [-0.25, -0.2) is 8.42 Å². The highest BCUT2D eigenvalue weighted by Crippen LogP contribution is 2.45. The number of hydrogen-bond donors (Lipinski definition) is 3. The molecule has 49 heavy (non-hydrogen) atoms. The number of amides is 1. The average molecular weight is 690 g/mol. The maximum Gasteiger partial charge on any atom is 0.322 e. The van der Waals surface area contributed by atoms with E-state index in [1.54, 1.807) is 0 Å². The van der Waals surface area contributed by atoms with E-state index in [1.807, 2.05) is 66.7 Å². The Hall–Kier alpha value is -4.18. The van der Waals surface area contributed by atoms with Gasteiger partial charge in [0.25, 0.3) is 0 Å². The summed E-state index contributed by atoms with van der Waals surface area (Å²) in [7, 11) is -4.45. The molecule has 1 aliphatic carbocycles. The van der Waals surface area contributed by atoms with Crippen LogP contribution in [0.25, 0.3) is 0 Å². The number of carboxylic acid groups (broad SMARTS) is 2. The van der Waals surface area contributed by atoms with Gasteiger partial charge in [-0.3, -0.25) is 14.4 Å². The molecule has 9 nitrogen and oxygen atoms in total. The summed E-state index contributed by atoms with van der Waals surface area (Å²) in [4.78, 5) is 37.7. The Morgan fingerprint density at radius 1 is 0.898 bits per heavy atom. The third kappa shape index (κ3) is 8.90. The first-order valence-electron chi connectivity index (χ1n) is 17.2. The molecule has 2 aliphatic rings. The van der Waals surface area contributed by atoms with Crippen molar-refractivity contribution in [2.75, 3.05) is 11.1 Å². The molecule has 1 fully saturated rings. The zero-order chi connectivity index (χ0) is 35.3. The molecule has 1 heterocycles. The molecule has 1 saturated carbocycles. The highest BCUT2D eigenvalue weighted by Gasteiger charge is 2.41. The second-order valence-electron chi connectivity index (χ2n) is 14.6. The topological polar surface area (TPSA) is 147 Å². The van der Waals surface area contributed by atoms with Gasteiger partial charge in [0.15, 0.2) is 15.1 Å². The number of rotatable bonds is 13. The number of hydrogen-bond acceptors (Lipinski definition) is 6. The quantitative estimate of drug-likeness (QED) is 0.165. The third-order valence-electron chi connectivity index (χ3n) is 9.91. The number of aryl methyl sites for hydroxylation is 1. The predicted molar refractivity (Wildman–Crippen MR) is 189 cm³/mol. The number of nitrogens with one attached hydrogen (secondary N) is 1. The zero-order valence-electron chi connectivity index (χ0n) is 28.5. The summed E-state index contributed by atoms with van der Waals surface area (Å²) in [5.41, 5.74) is 4.00. The lowest BCUT2D eigenvalue weighted by atomic mass is 9.79. The second kappa shape index (κ2) is 15.2. The molecule has 5 rings (SSSR count). The van der Waals surface area contributed by atoms with E-state index in [4.69, 9.17) is 4.74 Å². The molecular weight excluding hydrogens is 642 g/mol. The van der Waals surface area contributed by atoms with Crippen molar-refractivity contribution in [2.24, 2.45) is 11.8 Å². The van der Waals surface area contributed by atoms with Crippen LogP contribution in [0.5, 0.6) is 11.5 Å². The smallest absolute Gasteiger partial charge is 0.322 e. The first-order valence-corrected chi connectivity index (χ1v) is 18.9. The third-order valence-corrected chi connectivity index (χ3v) is 11.9. The van der Waals surface area contributed by atoms with E-state index in [2.05, 4.69) is 26.1 Å². The molecule has 10 heteroatoms. The Bertz CT molecular complexity index is 1740. The fourth-order valence-electron chi connectivity index (χ4n) is 7.63. The molecule has 262 valence electrons. The average Bonchev–Trinajstić information content (AvgIpc) is 3.02. The van der Waals surface area contributed by atoms with E-state index in [0.717, 1.165) is 65.9 Å². The molecule has 0 aromatic heterocycles. The van der Waals surface area contributed by atoms with Gasteiger partial charge in [-0.2, -0.15) is 0 Å². The first kappa shape index (κ1) is 36.1. The van der Waals surface area contributed by atoms with Gasteiger partial charge in [-0.15, -0.1) is 0 Å². The molecule has 2 unspecified atom stereocenters. The van der Waals surface area contributed by atoms with Crippen LogP contribution >= 0.6 is 0 Å². The normalized spacial score (nSPS) is 16.5. The standard InChI is InChI=1S/C39H47NO8S/c1-39(2,3)31-20-18-26(17-19-27(21-25-11-5-4-6-12-25)37(38(44)45)49(46,47)24-36(42)43)22-32(31)40-35(41)23-30-28-13-7-9-15-33(28)48-34-16-10-8-14-29(30)34/h7-10,13-16,18,20,22,25,27,30,37H,4-6,11-12,17,19,21,23-24H2,1-3H3,(H,40,41)(H,42,43)(H,44,45). The van der Waals surface area contributed by atoms with Crippen molar-refractivity contribution in [1.82, 2.24) is 0 Å². The minimum absolute atomic E-state index is 0.167. The maximum atomic E-state index is 13.8. The van der Waals surface area contributed by atoms with Crippen LogP contribution in [0.4, 0.5) is 5.69 Å². The summed E-state index contributed by atoms with van der Waals surface area (Å²) in [5, 5.41) is 20.8. The first-order chi connectivity index (χ1) is 23.2. The van der Waals surface area contributed by atoms with Gasteiger partial charge in [0.1, 0.15) is 17.3 Å². The minimum atomic E-state index is -4.45. The van der Waals surface area contributed by atoms with Crippen LogP contribution in [0.15, 0.2) is 66.7 Å². The van der Waals surface area contributed by atoms with Gasteiger partial charge in [0, 0.05) is 29.2 Å². The number of sulfone groups is 1. The molecule has 2 atom stereocenters. The zero-order valence-corrected chi connectivity index (χ0v) is 29.3. The summed E-state index contributed by atoms with van der Waals surface area (Å²) in [6, 6.07) is 21.3. The summed E-state index contributed by atoms with van der Waals surface area (Å²) in [6.07, 6.45) is 6.16. The van der Waals surface area contributed by atoms with Crippen molar-refractivity contribution in [1.29, 1.82) is 0 Å². The number of aliphatic carboxylic acids is 2. The Morgan fingerprint density at radius 2 is 1.51 bits per heavy atom. The van der Waals surface area contributed by atoms with Crippen molar-refractivity contribution in [2.45, 2.75) is 95.1 Å². The lowest BCUT2D eigenvalue weighted by molar-refractivity contribution is -0.137. The van der Waals surface area contributed by atoms with E-state index >= 15 is 0 Å². The number of para-hydroxylation sites is 2. The van der Waals surface area contributed by atoms with Crippen LogP contribution in [0.2, 0.25) is 0 Å². The van der Waals surface area contributed by atoms with Gasteiger partial charge in [0.2, 0.25) is 5.91 Å². The molecule has 3 N–H and O–H groups in total. The van der Waals surface area contributed by atoms with Crippen LogP contribution in [-0.2, 0) is 36.1 Å². The van der Waals surface area contributed by atoms with Gasteiger partial charge in [0.05, 0.1) is 0 Å². The summed E-state index contributed by atoms with van der Waals surface area (Å²) < 4.78 is 32.3. The minimum Gasteiger partial charge on any atom is -0.480 e. The van der Waals surface area contributed by atoms with Crippen LogP contribution < -0.4 is 10.1 Å².